The van der Waals surface area contributed by atoms with Crippen molar-refractivity contribution >= 4 is 17.3 Å². The summed E-state index contributed by atoms with van der Waals surface area (Å²) in [6.07, 6.45) is 3.09. The summed E-state index contributed by atoms with van der Waals surface area (Å²) in [6, 6.07) is 3.67. The standard InChI is InChI=1S/C11H11ClN4O2/c1-18-11-7(3-2-4-13-11)5-14-8-6-15-16-10(17)9(8)12/h2-4,6H,5H2,1H3,(H2,14,16,17). The van der Waals surface area contributed by atoms with Gasteiger partial charge < -0.3 is 10.1 Å². The molecule has 0 radical (unpaired) electrons. The lowest BCUT2D eigenvalue weighted by atomic mass is 10.2. The van der Waals surface area contributed by atoms with E-state index in [-0.39, 0.29) is 5.02 Å². The second-order valence-electron chi connectivity index (χ2n) is 3.45. The molecule has 2 N–H and O–H groups in total. The topological polar surface area (TPSA) is 79.9 Å². The Kier molecular flexibility index (Phi) is 3.78. The van der Waals surface area contributed by atoms with E-state index in [0.29, 0.717) is 18.1 Å². The van der Waals surface area contributed by atoms with Crippen LogP contribution in [0.1, 0.15) is 5.56 Å². The van der Waals surface area contributed by atoms with Crippen LogP contribution in [-0.2, 0) is 6.54 Å². The van der Waals surface area contributed by atoms with Crippen molar-refractivity contribution in [2.75, 3.05) is 12.4 Å². The van der Waals surface area contributed by atoms with E-state index in [1.54, 1.807) is 19.4 Å². The molecule has 0 fully saturated rings. The SMILES string of the molecule is COc1ncccc1CNc1cn[nH]c(=O)c1Cl. The third-order valence-corrected chi connectivity index (χ3v) is 2.68. The Morgan fingerprint density at radius 3 is 3.17 bits per heavy atom. The van der Waals surface area contributed by atoms with Gasteiger partial charge in [-0.25, -0.2) is 10.1 Å². The fraction of sp³-hybridized carbons (Fsp3) is 0.182. The Hall–Kier alpha value is -2.08. The first-order valence-electron chi connectivity index (χ1n) is 5.17. The predicted octanol–water partition coefficient (Wildman–Crippen LogP) is 1.44. The van der Waals surface area contributed by atoms with Gasteiger partial charge in [0.15, 0.2) is 0 Å². The van der Waals surface area contributed by atoms with Gasteiger partial charge in [-0.3, -0.25) is 4.79 Å². The van der Waals surface area contributed by atoms with E-state index in [0.717, 1.165) is 5.56 Å². The molecule has 6 nitrogen and oxygen atoms in total. The van der Waals surface area contributed by atoms with E-state index in [1.165, 1.54) is 6.20 Å². The maximum atomic E-state index is 11.2. The molecule has 0 aliphatic heterocycles. The summed E-state index contributed by atoms with van der Waals surface area (Å²) in [7, 11) is 1.55. The molecule has 94 valence electrons. The lowest BCUT2D eigenvalue weighted by molar-refractivity contribution is 0.393. The third kappa shape index (κ3) is 2.60. The number of hydrogen-bond acceptors (Lipinski definition) is 5. The van der Waals surface area contributed by atoms with Crippen LogP contribution in [0.25, 0.3) is 0 Å². The third-order valence-electron chi connectivity index (χ3n) is 2.31. The van der Waals surface area contributed by atoms with Crippen molar-refractivity contribution in [1.29, 1.82) is 0 Å². The number of halogens is 1. The van der Waals surface area contributed by atoms with Crippen molar-refractivity contribution in [3.8, 4) is 5.88 Å². The number of H-pyrrole nitrogens is 1. The monoisotopic (exact) mass is 266 g/mol. The first-order valence-corrected chi connectivity index (χ1v) is 5.55. The molecule has 0 amide bonds. The number of nitrogens with one attached hydrogen (secondary N) is 2. The number of ether oxygens (including phenoxy) is 1. The highest BCUT2D eigenvalue weighted by molar-refractivity contribution is 6.32. The van der Waals surface area contributed by atoms with Gasteiger partial charge in [-0.15, -0.1) is 0 Å². The fourth-order valence-electron chi connectivity index (χ4n) is 1.44. The highest BCUT2D eigenvalue weighted by Crippen LogP contribution is 2.18. The summed E-state index contributed by atoms with van der Waals surface area (Å²) in [5.41, 5.74) is 0.891. The molecule has 2 aromatic heterocycles. The molecule has 0 atom stereocenters. The Balaban J connectivity index is 2.16. The first-order chi connectivity index (χ1) is 8.72. The van der Waals surface area contributed by atoms with Crippen LogP contribution in [0.5, 0.6) is 5.88 Å². The second-order valence-corrected chi connectivity index (χ2v) is 3.83. The van der Waals surface area contributed by atoms with Gasteiger partial charge in [-0.05, 0) is 6.07 Å². The maximum Gasteiger partial charge on any atom is 0.285 e. The minimum Gasteiger partial charge on any atom is -0.481 e. The predicted molar refractivity (Wildman–Crippen MR) is 68.0 cm³/mol. The van der Waals surface area contributed by atoms with Crippen molar-refractivity contribution in [3.05, 3.63) is 45.5 Å². The smallest absolute Gasteiger partial charge is 0.285 e. The molecule has 0 saturated carbocycles. The summed E-state index contributed by atoms with van der Waals surface area (Å²) in [5, 5.41) is 9.00. The van der Waals surface area contributed by atoms with Crippen LogP contribution in [0.2, 0.25) is 5.02 Å². The van der Waals surface area contributed by atoms with Crippen LogP contribution >= 0.6 is 11.6 Å². The number of aromatic nitrogens is 3. The van der Waals surface area contributed by atoms with E-state index >= 15 is 0 Å². The van der Waals surface area contributed by atoms with Gasteiger partial charge in [-0.2, -0.15) is 5.10 Å². The van der Waals surface area contributed by atoms with Crippen molar-refractivity contribution in [2.24, 2.45) is 0 Å². The number of aromatic amines is 1. The molecule has 0 aliphatic rings. The van der Waals surface area contributed by atoms with Crippen molar-refractivity contribution in [3.63, 3.8) is 0 Å². The maximum absolute atomic E-state index is 11.2. The summed E-state index contributed by atoms with van der Waals surface area (Å²) < 4.78 is 5.12. The molecule has 0 spiro atoms. The zero-order chi connectivity index (χ0) is 13.0. The molecule has 0 aliphatic carbocycles. The Bertz CT molecular complexity index is 600. The average Bonchev–Trinajstić information content (AvgIpc) is 2.41. The molecule has 0 aromatic carbocycles. The number of hydrogen-bond donors (Lipinski definition) is 2. The lowest BCUT2D eigenvalue weighted by Gasteiger charge is -2.09. The zero-order valence-corrected chi connectivity index (χ0v) is 10.4. The summed E-state index contributed by atoms with van der Waals surface area (Å²) in [4.78, 5) is 15.3. The molecule has 0 unspecified atom stereocenters. The average molecular weight is 267 g/mol. The normalized spacial score (nSPS) is 10.1. The quantitative estimate of drug-likeness (QED) is 0.875. The van der Waals surface area contributed by atoms with Gasteiger partial charge in [0.1, 0.15) is 5.02 Å². The van der Waals surface area contributed by atoms with E-state index in [2.05, 4.69) is 20.5 Å². The van der Waals surface area contributed by atoms with Gasteiger partial charge in [0.25, 0.3) is 5.56 Å². The number of pyridine rings is 1. The molecule has 2 aromatic rings. The molecule has 7 heteroatoms. The zero-order valence-electron chi connectivity index (χ0n) is 9.61. The van der Waals surface area contributed by atoms with Gasteiger partial charge in [0.2, 0.25) is 5.88 Å². The van der Waals surface area contributed by atoms with Gasteiger partial charge in [0, 0.05) is 18.3 Å². The van der Waals surface area contributed by atoms with Gasteiger partial charge in [-0.1, -0.05) is 17.7 Å². The van der Waals surface area contributed by atoms with Crippen LogP contribution in [-0.4, -0.2) is 22.3 Å². The van der Waals surface area contributed by atoms with E-state index in [1.807, 2.05) is 6.07 Å². The highest BCUT2D eigenvalue weighted by Gasteiger charge is 2.07. The Morgan fingerprint density at radius 1 is 1.56 bits per heavy atom. The fourth-order valence-corrected chi connectivity index (χ4v) is 1.60. The van der Waals surface area contributed by atoms with Crippen molar-refractivity contribution < 1.29 is 4.74 Å². The van der Waals surface area contributed by atoms with Crippen LogP contribution in [0, 0.1) is 0 Å². The molecular formula is C11H11ClN4O2. The van der Waals surface area contributed by atoms with Crippen LogP contribution in [0.4, 0.5) is 5.69 Å². The molecule has 0 bridgehead atoms. The Labute approximate surface area is 108 Å². The molecule has 2 heterocycles. The second kappa shape index (κ2) is 5.50. The summed E-state index contributed by atoms with van der Waals surface area (Å²) >= 11 is 5.84. The largest absolute Gasteiger partial charge is 0.481 e. The number of methoxy groups -OCH3 is 1. The minimum atomic E-state index is -0.431. The van der Waals surface area contributed by atoms with Crippen molar-refractivity contribution in [1.82, 2.24) is 15.2 Å². The van der Waals surface area contributed by atoms with Crippen LogP contribution < -0.4 is 15.6 Å². The lowest BCUT2D eigenvalue weighted by Crippen LogP contribution is -2.12. The highest BCUT2D eigenvalue weighted by atomic mass is 35.5. The number of nitrogens with zero attached hydrogens (tertiary/aromatic N) is 2. The van der Waals surface area contributed by atoms with Crippen LogP contribution in [0.3, 0.4) is 0 Å². The molecule has 2 rings (SSSR count). The minimum absolute atomic E-state index is 0.0767. The van der Waals surface area contributed by atoms with E-state index in [9.17, 15) is 4.79 Å². The summed E-state index contributed by atoms with van der Waals surface area (Å²) in [6.45, 7) is 0.432. The number of anilines is 1. The van der Waals surface area contributed by atoms with E-state index < -0.39 is 5.56 Å². The van der Waals surface area contributed by atoms with Crippen molar-refractivity contribution in [2.45, 2.75) is 6.54 Å². The molecule has 0 saturated heterocycles. The molecular weight excluding hydrogens is 256 g/mol. The van der Waals surface area contributed by atoms with Gasteiger partial charge >= 0.3 is 0 Å². The molecule has 18 heavy (non-hydrogen) atoms. The van der Waals surface area contributed by atoms with Crippen LogP contribution in [0.15, 0.2) is 29.3 Å². The Morgan fingerprint density at radius 2 is 2.39 bits per heavy atom. The van der Waals surface area contributed by atoms with E-state index in [4.69, 9.17) is 16.3 Å². The number of rotatable bonds is 4. The first kappa shape index (κ1) is 12.4. The van der Waals surface area contributed by atoms with Gasteiger partial charge in [0.05, 0.1) is 19.0 Å². The summed E-state index contributed by atoms with van der Waals surface area (Å²) in [5.74, 6) is 0.527.